The fraction of sp³-hybridized carbons (Fsp3) is 0. The Morgan fingerprint density at radius 3 is 1.71 bits per heavy atom. The van der Waals surface area contributed by atoms with Crippen molar-refractivity contribution in [3.05, 3.63) is 176 Å². The lowest BCUT2D eigenvalue weighted by atomic mass is 9.95. The van der Waals surface area contributed by atoms with Crippen molar-refractivity contribution in [1.29, 1.82) is 0 Å². The van der Waals surface area contributed by atoms with E-state index in [2.05, 4.69) is 140 Å². The number of aromatic nitrogens is 3. The number of thiophene rings is 1. The zero-order chi connectivity index (χ0) is 33.7. The van der Waals surface area contributed by atoms with Crippen molar-refractivity contribution in [3.63, 3.8) is 0 Å². The maximum absolute atomic E-state index is 5.58. The molecule has 0 saturated heterocycles. The summed E-state index contributed by atoms with van der Waals surface area (Å²) in [5.74, 6) is 0.697. The normalized spacial score (nSPS) is 11.5. The third kappa shape index (κ3) is 5.08. The summed E-state index contributed by atoms with van der Waals surface area (Å²) in [7, 11) is 0. The lowest BCUT2D eigenvalue weighted by Crippen LogP contribution is -1.96. The smallest absolute Gasteiger partial charge is 0.160 e. The van der Waals surface area contributed by atoms with Crippen LogP contribution in [-0.2, 0) is 0 Å². The highest BCUT2D eigenvalue weighted by Crippen LogP contribution is 2.45. The topological polar surface area (TPSA) is 38.7 Å². The van der Waals surface area contributed by atoms with E-state index in [0.717, 1.165) is 56.0 Å². The molecule has 7 aromatic carbocycles. The van der Waals surface area contributed by atoms with Gasteiger partial charge in [-0.2, -0.15) is 0 Å². The van der Waals surface area contributed by atoms with Crippen LogP contribution in [0.5, 0.6) is 0 Å². The SMILES string of the molecule is c1ccc(-c2cc(-c3ccccc3)nc(-c3ccc(-c4cccc5c4nc(-c4cccc6ccccc46)c4c6ccccc6sc54)cc3)n2)cc1. The maximum atomic E-state index is 5.58. The van der Waals surface area contributed by atoms with Crippen LogP contribution in [0.15, 0.2) is 176 Å². The molecule has 3 heterocycles. The molecule has 0 radical (unpaired) electrons. The number of para-hydroxylation sites is 1. The summed E-state index contributed by atoms with van der Waals surface area (Å²) in [4.78, 5) is 15.7. The van der Waals surface area contributed by atoms with E-state index in [1.54, 1.807) is 0 Å². The summed E-state index contributed by atoms with van der Waals surface area (Å²) in [6.07, 6.45) is 0. The lowest BCUT2D eigenvalue weighted by molar-refractivity contribution is 1.18. The van der Waals surface area contributed by atoms with Crippen molar-refractivity contribution in [2.75, 3.05) is 0 Å². The summed E-state index contributed by atoms with van der Waals surface area (Å²) in [5.41, 5.74) is 10.3. The van der Waals surface area contributed by atoms with Gasteiger partial charge in [-0.3, -0.25) is 0 Å². The third-order valence-electron chi connectivity index (χ3n) is 9.70. The fourth-order valence-corrected chi connectivity index (χ4v) is 8.46. The Morgan fingerprint density at radius 2 is 0.961 bits per heavy atom. The summed E-state index contributed by atoms with van der Waals surface area (Å²) in [5, 5.41) is 6.05. The Morgan fingerprint density at radius 1 is 0.392 bits per heavy atom. The van der Waals surface area contributed by atoms with Gasteiger partial charge in [-0.1, -0.05) is 164 Å². The minimum absolute atomic E-state index is 0.697. The molecule has 0 atom stereocenters. The molecular weight excluding hydrogens is 639 g/mol. The molecule has 0 bridgehead atoms. The van der Waals surface area contributed by atoms with E-state index in [1.807, 2.05) is 47.7 Å². The van der Waals surface area contributed by atoms with Crippen LogP contribution >= 0.6 is 11.3 Å². The van der Waals surface area contributed by atoms with E-state index < -0.39 is 0 Å². The Balaban J connectivity index is 1.15. The van der Waals surface area contributed by atoms with Crippen molar-refractivity contribution < 1.29 is 0 Å². The number of hydrogen-bond acceptors (Lipinski definition) is 4. The summed E-state index contributed by atoms with van der Waals surface area (Å²) in [6, 6.07) is 61.8. The highest BCUT2D eigenvalue weighted by atomic mass is 32.1. The van der Waals surface area contributed by atoms with Crippen molar-refractivity contribution in [2.24, 2.45) is 0 Å². The van der Waals surface area contributed by atoms with Crippen molar-refractivity contribution in [3.8, 4) is 56.3 Å². The molecule has 0 aliphatic rings. The molecule has 3 nitrogen and oxygen atoms in total. The molecule has 10 rings (SSSR count). The van der Waals surface area contributed by atoms with E-state index in [4.69, 9.17) is 15.0 Å². The standard InChI is InChI=1S/C47H29N3S/c1-3-14-32(15-4-1)40-29-41(33-16-5-2-6-17-33)49-47(48-40)34-27-25-31(26-28-34)36-21-12-23-39-44(36)50-45(37-22-11-18-30-13-7-8-19-35(30)37)43-38-20-9-10-24-42(38)51-46(39)43/h1-29H. The average Bonchev–Trinajstić information content (AvgIpc) is 3.61. The molecule has 0 aliphatic heterocycles. The second kappa shape index (κ2) is 12.1. The summed E-state index contributed by atoms with van der Waals surface area (Å²) < 4.78 is 2.54. The van der Waals surface area contributed by atoms with Gasteiger partial charge in [0.2, 0.25) is 0 Å². The van der Waals surface area contributed by atoms with Crippen molar-refractivity contribution >= 4 is 53.2 Å². The molecule has 51 heavy (non-hydrogen) atoms. The van der Waals surface area contributed by atoms with E-state index in [9.17, 15) is 0 Å². The Kier molecular flexibility index (Phi) is 7.00. The number of benzene rings is 7. The summed E-state index contributed by atoms with van der Waals surface area (Å²) >= 11 is 1.85. The molecule has 0 aliphatic carbocycles. The van der Waals surface area contributed by atoms with Gasteiger partial charge in [0, 0.05) is 53.4 Å². The molecule has 0 N–H and O–H groups in total. The number of pyridine rings is 1. The molecule has 238 valence electrons. The van der Waals surface area contributed by atoms with E-state index in [1.165, 1.54) is 36.3 Å². The van der Waals surface area contributed by atoms with Crippen molar-refractivity contribution in [2.45, 2.75) is 0 Å². The highest BCUT2D eigenvalue weighted by Gasteiger charge is 2.20. The molecule has 0 fully saturated rings. The fourth-order valence-electron chi connectivity index (χ4n) is 7.23. The van der Waals surface area contributed by atoms with E-state index >= 15 is 0 Å². The first-order chi connectivity index (χ1) is 25.3. The molecular formula is C47H29N3S. The molecule has 0 saturated carbocycles. The largest absolute Gasteiger partial charge is 0.246 e. The number of hydrogen-bond donors (Lipinski definition) is 0. The third-order valence-corrected chi connectivity index (χ3v) is 10.9. The first-order valence-corrected chi connectivity index (χ1v) is 17.9. The zero-order valence-electron chi connectivity index (χ0n) is 27.5. The van der Waals surface area contributed by atoms with Crippen LogP contribution in [0.3, 0.4) is 0 Å². The Hall–Kier alpha value is -6.49. The lowest BCUT2D eigenvalue weighted by Gasteiger charge is -2.13. The van der Waals surface area contributed by atoms with Gasteiger partial charge < -0.3 is 0 Å². The van der Waals surface area contributed by atoms with Gasteiger partial charge in [-0.25, -0.2) is 15.0 Å². The van der Waals surface area contributed by atoms with Crippen LogP contribution in [-0.4, -0.2) is 15.0 Å². The van der Waals surface area contributed by atoms with Crippen LogP contribution < -0.4 is 0 Å². The van der Waals surface area contributed by atoms with Crippen LogP contribution in [0.2, 0.25) is 0 Å². The van der Waals surface area contributed by atoms with E-state index in [-0.39, 0.29) is 0 Å². The number of nitrogens with zero attached hydrogens (tertiary/aromatic N) is 3. The zero-order valence-corrected chi connectivity index (χ0v) is 28.3. The minimum Gasteiger partial charge on any atom is -0.246 e. The molecule has 0 unspecified atom stereocenters. The second-order valence-electron chi connectivity index (χ2n) is 12.8. The van der Waals surface area contributed by atoms with Gasteiger partial charge in [0.05, 0.1) is 22.6 Å². The number of rotatable bonds is 5. The van der Waals surface area contributed by atoms with Crippen LogP contribution in [0.4, 0.5) is 0 Å². The minimum atomic E-state index is 0.697. The molecule has 0 amide bonds. The van der Waals surface area contributed by atoms with E-state index in [0.29, 0.717) is 5.82 Å². The summed E-state index contributed by atoms with van der Waals surface area (Å²) in [6.45, 7) is 0. The predicted octanol–water partition coefficient (Wildman–Crippen LogP) is 12.9. The Labute approximate surface area is 299 Å². The van der Waals surface area contributed by atoms with Gasteiger partial charge in [0.25, 0.3) is 0 Å². The Bertz CT molecular complexity index is 2830. The van der Waals surface area contributed by atoms with Crippen LogP contribution in [0, 0.1) is 0 Å². The van der Waals surface area contributed by atoms with Gasteiger partial charge >= 0.3 is 0 Å². The second-order valence-corrected chi connectivity index (χ2v) is 13.8. The number of fused-ring (bicyclic) bond motifs is 6. The van der Waals surface area contributed by atoms with Gasteiger partial charge in [0.15, 0.2) is 5.82 Å². The molecule has 3 aromatic heterocycles. The molecule has 0 spiro atoms. The highest BCUT2D eigenvalue weighted by molar-refractivity contribution is 7.26. The first-order valence-electron chi connectivity index (χ1n) is 17.1. The first kappa shape index (κ1) is 29.4. The van der Waals surface area contributed by atoms with Crippen molar-refractivity contribution in [1.82, 2.24) is 15.0 Å². The average molecular weight is 668 g/mol. The quantitative estimate of drug-likeness (QED) is 0.183. The predicted molar refractivity (Wildman–Crippen MR) is 215 cm³/mol. The molecule has 10 aromatic rings. The van der Waals surface area contributed by atoms with Gasteiger partial charge in [0.1, 0.15) is 0 Å². The molecule has 4 heteroatoms. The van der Waals surface area contributed by atoms with Gasteiger partial charge in [-0.15, -0.1) is 11.3 Å². The maximum Gasteiger partial charge on any atom is 0.160 e. The van der Waals surface area contributed by atoms with Crippen LogP contribution in [0.25, 0.3) is 98.1 Å². The monoisotopic (exact) mass is 667 g/mol. The van der Waals surface area contributed by atoms with Gasteiger partial charge in [-0.05, 0) is 28.5 Å². The van der Waals surface area contributed by atoms with Crippen LogP contribution in [0.1, 0.15) is 0 Å².